The lowest BCUT2D eigenvalue weighted by Gasteiger charge is -2.20. The van der Waals surface area contributed by atoms with Crippen LogP contribution in [0.15, 0.2) is 24.4 Å². The lowest BCUT2D eigenvalue weighted by atomic mass is 10.0. The number of carbonyl (C=O) groups is 1. The highest BCUT2D eigenvalue weighted by molar-refractivity contribution is 5.66. The van der Waals surface area contributed by atoms with Crippen LogP contribution in [0.4, 0.5) is 0 Å². The minimum atomic E-state index is 0.618. The summed E-state index contributed by atoms with van der Waals surface area (Å²) in [5, 5.41) is 0. The second kappa shape index (κ2) is 3.54. The van der Waals surface area contributed by atoms with Gasteiger partial charge in [-0.1, -0.05) is 12.1 Å². The van der Waals surface area contributed by atoms with Crippen LogP contribution in [0.25, 0.3) is 6.08 Å². The van der Waals surface area contributed by atoms with Crippen LogP contribution in [-0.2, 0) is 11.3 Å². The maximum atomic E-state index is 10.6. The zero-order valence-corrected chi connectivity index (χ0v) is 7.93. The fourth-order valence-electron chi connectivity index (χ4n) is 1.59. The molecule has 0 fully saturated rings. The Bertz CT molecular complexity index is 385. The topological polar surface area (TPSA) is 29.5 Å². The summed E-state index contributed by atoms with van der Waals surface area (Å²) in [4.78, 5) is 12.2. The van der Waals surface area contributed by atoms with E-state index < -0.39 is 0 Å². The number of rotatable bonds is 2. The molecule has 1 amide bonds. The summed E-state index contributed by atoms with van der Waals surface area (Å²) >= 11 is 0. The van der Waals surface area contributed by atoms with Crippen molar-refractivity contribution in [3.63, 3.8) is 0 Å². The van der Waals surface area contributed by atoms with Crippen LogP contribution < -0.4 is 4.74 Å². The van der Waals surface area contributed by atoms with Gasteiger partial charge in [-0.3, -0.25) is 4.79 Å². The van der Waals surface area contributed by atoms with E-state index in [2.05, 4.69) is 0 Å². The van der Waals surface area contributed by atoms with Gasteiger partial charge in [0.1, 0.15) is 5.75 Å². The lowest BCUT2D eigenvalue weighted by molar-refractivity contribution is -0.116. The van der Waals surface area contributed by atoms with E-state index >= 15 is 0 Å². The quantitative estimate of drug-likeness (QED) is 0.662. The Kier molecular flexibility index (Phi) is 2.23. The van der Waals surface area contributed by atoms with E-state index in [1.165, 1.54) is 0 Å². The number of carbonyl (C=O) groups excluding carboxylic acids is 1. The summed E-state index contributed by atoms with van der Waals surface area (Å²) in [6.45, 7) is 0.618. The predicted molar refractivity (Wildman–Crippen MR) is 53.6 cm³/mol. The Labute approximate surface area is 82.6 Å². The van der Waals surface area contributed by atoms with Gasteiger partial charge in [0.15, 0.2) is 0 Å². The molecule has 0 bridgehead atoms. The van der Waals surface area contributed by atoms with Crippen LogP contribution in [0.1, 0.15) is 11.1 Å². The molecule has 1 aromatic rings. The molecule has 1 aromatic carbocycles. The van der Waals surface area contributed by atoms with Gasteiger partial charge >= 0.3 is 0 Å². The Morgan fingerprint density at radius 1 is 1.50 bits per heavy atom. The summed E-state index contributed by atoms with van der Waals surface area (Å²) in [5.74, 6) is 0.851. The molecule has 14 heavy (non-hydrogen) atoms. The smallest absolute Gasteiger partial charge is 0.213 e. The van der Waals surface area contributed by atoms with Gasteiger partial charge in [-0.05, 0) is 17.7 Å². The van der Waals surface area contributed by atoms with E-state index in [9.17, 15) is 4.79 Å². The molecule has 0 N–H and O–H groups in total. The summed E-state index contributed by atoms with van der Waals surface area (Å²) in [5.41, 5.74) is 2.17. The number of methoxy groups -OCH3 is 1. The monoisotopic (exact) mass is 189 g/mol. The molecule has 0 saturated heterocycles. The third-order valence-electron chi connectivity index (χ3n) is 2.30. The molecule has 0 unspecified atom stereocenters. The van der Waals surface area contributed by atoms with E-state index in [0.717, 1.165) is 23.3 Å². The molecule has 1 aliphatic rings. The molecule has 0 spiro atoms. The molecule has 0 aromatic heterocycles. The van der Waals surface area contributed by atoms with Crippen molar-refractivity contribution < 1.29 is 9.53 Å². The average Bonchev–Trinajstić information content (AvgIpc) is 2.27. The standard InChI is InChI=1S/C11H11NO2/c1-14-11-4-2-3-9-7-12(8-13)6-5-10(9)11/h2-6,8H,7H2,1H3. The van der Waals surface area contributed by atoms with Crippen LogP contribution in [0, 0.1) is 0 Å². The second-order valence-corrected chi connectivity index (χ2v) is 3.13. The number of hydrogen-bond donors (Lipinski definition) is 0. The number of nitrogens with zero attached hydrogens (tertiary/aromatic N) is 1. The van der Waals surface area contributed by atoms with Crippen molar-refractivity contribution in [2.75, 3.05) is 7.11 Å². The molecule has 0 atom stereocenters. The summed E-state index contributed by atoms with van der Waals surface area (Å²) in [6.07, 6.45) is 4.48. The van der Waals surface area contributed by atoms with Crippen molar-refractivity contribution in [3.05, 3.63) is 35.5 Å². The summed E-state index contributed by atoms with van der Waals surface area (Å²) < 4.78 is 5.22. The van der Waals surface area contributed by atoms with E-state index in [1.807, 2.05) is 24.3 Å². The maximum absolute atomic E-state index is 10.6. The zero-order valence-electron chi connectivity index (χ0n) is 7.93. The largest absolute Gasteiger partial charge is 0.496 e. The number of fused-ring (bicyclic) bond motifs is 1. The Morgan fingerprint density at radius 2 is 2.36 bits per heavy atom. The molecule has 3 nitrogen and oxygen atoms in total. The minimum Gasteiger partial charge on any atom is -0.496 e. The van der Waals surface area contributed by atoms with Gasteiger partial charge in [-0.2, -0.15) is 0 Å². The highest BCUT2D eigenvalue weighted by Crippen LogP contribution is 2.27. The van der Waals surface area contributed by atoms with E-state index in [-0.39, 0.29) is 0 Å². The van der Waals surface area contributed by atoms with Gasteiger partial charge in [-0.25, -0.2) is 0 Å². The van der Waals surface area contributed by atoms with Gasteiger partial charge in [0.2, 0.25) is 6.41 Å². The molecule has 1 aliphatic heterocycles. The molecular weight excluding hydrogens is 178 g/mol. The molecule has 0 aliphatic carbocycles. The number of benzene rings is 1. The van der Waals surface area contributed by atoms with Crippen LogP contribution in [0.3, 0.4) is 0 Å². The normalized spacial score (nSPS) is 13.6. The third-order valence-corrected chi connectivity index (χ3v) is 2.30. The third kappa shape index (κ3) is 1.37. The fraction of sp³-hybridized carbons (Fsp3) is 0.182. The van der Waals surface area contributed by atoms with Crippen molar-refractivity contribution in [3.8, 4) is 5.75 Å². The van der Waals surface area contributed by atoms with Crippen LogP contribution in [-0.4, -0.2) is 18.4 Å². The Balaban J connectivity index is 2.44. The van der Waals surface area contributed by atoms with Gasteiger partial charge in [-0.15, -0.1) is 0 Å². The van der Waals surface area contributed by atoms with Crippen molar-refractivity contribution >= 4 is 12.5 Å². The van der Waals surface area contributed by atoms with Crippen molar-refractivity contribution in [1.82, 2.24) is 4.90 Å². The van der Waals surface area contributed by atoms with Crippen molar-refractivity contribution in [2.24, 2.45) is 0 Å². The first-order valence-electron chi connectivity index (χ1n) is 4.40. The fourth-order valence-corrected chi connectivity index (χ4v) is 1.59. The van der Waals surface area contributed by atoms with Crippen molar-refractivity contribution in [2.45, 2.75) is 6.54 Å². The first kappa shape index (κ1) is 8.81. The summed E-state index contributed by atoms with van der Waals surface area (Å²) in [7, 11) is 1.65. The zero-order chi connectivity index (χ0) is 9.97. The number of ether oxygens (including phenoxy) is 1. The number of hydrogen-bond acceptors (Lipinski definition) is 2. The first-order chi connectivity index (χ1) is 6.85. The van der Waals surface area contributed by atoms with E-state index in [4.69, 9.17) is 4.74 Å². The predicted octanol–water partition coefficient (Wildman–Crippen LogP) is 1.64. The van der Waals surface area contributed by atoms with Crippen LogP contribution in [0.5, 0.6) is 5.75 Å². The highest BCUT2D eigenvalue weighted by Gasteiger charge is 2.12. The molecule has 72 valence electrons. The SMILES string of the molecule is COc1cccc2c1C=CN(C=O)C2. The highest BCUT2D eigenvalue weighted by atomic mass is 16.5. The molecule has 0 saturated carbocycles. The van der Waals surface area contributed by atoms with Crippen LogP contribution >= 0.6 is 0 Å². The van der Waals surface area contributed by atoms with Gasteiger partial charge in [0.25, 0.3) is 0 Å². The number of amides is 1. The molecule has 1 heterocycles. The molecule has 2 rings (SSSR count). The molecular formula is C11H11NO2. The second-order valence-electron chi connectivity index (χ2n) is 3.13. The lowest BCUT2D eigenvalue weighted by Crippen LogP contribution is -2.17. The average molecular weight is 189 g/mol. The van der Waals surface area contributed by atoms with Gasteiger partial charge in [0, 0.05) is 11.8 Å². The van der Waals surface area contributed by atoms with E-state index in [0.29, 0.717) is 6.54 Å². The molecule has 0 radical (unpaired) electrons. The van der Waals surface area contributed by atoms with E-state index in [1.54, 1.807) is 18.2 Å². The molecule has 3 heteroatoms. The summed E-state index contributed by atoms with van der Waals surface area (Å²) in [6, 6.07) is 5.84. The Morgan fingerprint density at radius 3 is 3.07 bits per heavy atom. The van der Waals surface area contributed by atoms with Gasteiger partial charge < -0.3 is 9.64 Å². The Hall–Kier alpha value is -1.77. The first-order valence-corrected chi connectivity index (χ1v) is 4.40. The van der Waals surface area contributed by atoms with Crippen molar-refractivity contribution in [1.29, 1.82) is 0 Å². The maximum Gasteiger partial charge on any atom is 0.213 e. The van der Waals surface area contributed by atoms with Gasteiger partial charge in [0.05, 0.1) is 13.7 Å². The minimum absolute atomic E-state index is 0.618. The van der Waals surface area contributed by atoms with Crippen LogP contribution in [0.2, 0.25) is 0 Å².